The van der Waals surface area contributed by atoms with Crippen LogP contribution in [0.2, 0.25) is 6.04 Å². The molecule has 0 heterocycles. The molecule has 0 N–H and O–H groups in total. The highest BCUT2D eigenvalue weighted by Crippen LogP contribution is 2.19. The molecule has 0 amide bonds. The first-order valence-corrected chi connectivity index (χ1v) is 10.3. The molecule has 0 aliphatic heterocycles. The normalized spacial score (nSPS) is 11.2. The zero-order valence-electron chi connectivity index (χ0n) is 14.7. The van der Waals surface area contributed by atoms with Crippen molar-refractivity contribution >= 4 is 14.8 Å². The lowest BCUT2D eigenvalue weighted by molar-refractivity contribution is -0.138. The topological polar surface area (TPSA) is 54.0 Å². The van der Waals surface area contributed by atoms with E-state index in [1.165, 1.54) is 5.56 Å². The maximum Gasteiger partial charge on any atom is 0.501 e. The van der Waals surface area contributed by atoms with Gasteiger partial charge in [0.05, 0.1) is 6.61 Å². The minimum atomic E-state index is -2.72. The summed E-state index contributed by atoms with van der Waals surface area (Å²) in [4.78, 5) is 11.0. The average molecular weight is 353 g/mol. The number of hydrogen-bond acceptors (Lipinski definition) is 5. The van der Waals surface area contributed by atoms with Gasteiger partial charge in [0.1, 0.15) is 0 Å². The first-order valence-electron chi connectivity index (χ1n) is 8.40. The third-order valence-electron chi connectivity index (χ3n) is 3.31. The summed E-state index contributed by atoms with van der Waals surface area (Å²) in [6, 6.07) is 11.0. The van der Waals surface area contributed by atoms with Crippen molar-refractivity contribution in [3.63, 3.8) is 0 Å². The minimum absolute atomic E-state index is 0.298. The van der Waals surface area contributed by atoms with Crippen LogP contribution >= 0.6 is 0 Å². The van der Waals surface area contributed by atoms with E-state index in [1.54, 1.807) is 0 Å². The molecular weight excluding hydrogens is 324 g/mol. The largest absolute Gasteiger partial charge is 0.501 e. The summed E-state index contributed by atoms with van der Waals surface area (Å²) in [5.74, 6) is -0.419. The molecule has 0 unspecified atom stereocenters. The van der Waals surface area contributed by atoms with E-state index < -0.39 is 14.8 Å². The molecule has 0 saturated heterocycles. The smallest absolute Gasteiger partial charge is 0.462 e. The van der Waals surface area contributed by atoms with E-state index in [9.17, 15) is 4.79 Å². The Morgan fingerprint density at radius 1 is 1.08 bits per heavy atom. The van der Waals surface area contributed by atoms with Gasteiger partial charge in [-0.1, -0.05) is 36.9 Å². The SMILES string of the molecule is C=CC(=O)OCCCO[Si](CCc1ccccc1)(OCC)OCC. The molecule has 0 radical (unpaired) electrons. The van der Waals surface area contributed by atoms with Crippen molar-refractivity contribution in [3.05, 3.63) is 48.6 Å². The van der Waals surface area contributed by atoms with E-state index in [0.29, 0.717) is 32.8 Å². The van der Waals surface area contributed by atoms with Crippen LogP contribution in [0.5, 0.6) is 0 Å². The van der Waals surface area contributed by atoms with Gasteiger partial charge in [0, 0.05) is 38.4 Å². The molecule has 1 aromatic carbocycles. The molecule has 134 valence electrons. The Morgan fingerprint density at radius 3 is 2.33 bits per heavy atom. The summed E-state index contributed by atoms with van der Waals surface area (Å²) in [6.07, 6.45) is 2.60. The highest BCUT2D eigenvalue weighted by molar-refractivity contribution is 6.60. The number of ether oxygens (including phenoxy) is 1. The van der Waals surface area contributed by atoms with Crippen LogP contribution in [0.15, 0.2) is 43.0 Å². The molecule has 1 aromatic rings. The van der Waals surface area contributed by atoms with Crippen molar-refractivity contribution in [3.8, 4) is 0 Å². The summed E-state index contributed by atoms with van der Waals surface area (Å²) in [5, 5.41) is 0. The van der Waals surface area contributed by atoms with Crippen molar-refractivity contribution in [2.24, 2.45) is 0 Å². The molecule has 0 spiro atoms. The summed E-state index contributed by atoms with van der Waals surface area (Å²) in [6.45, 7) is 9.08. The van der Waals surface area contributed by atoms with E-state index in [2.05, 4.69) is 18.7 Å². The number of carbonyl (C=O) groups is 1. The summed E-state index contributed by atoms with van der Waals surface area (Å²) in [7, 11) is -2.72. The number of hydrogen-bond donors (Lipinski definition) is 0. The van der Waals surface area contributed by atoms with Crippen molar-refractivity contribution < 1.29 is 22.8 Å². The lowest BCUT2D eigenvalue weighted by Crippen LogP contribution is -2.46. The second-order valence-electron chi connectivity index (χ2n) is 5.11. The average Bonchev–Trinajstić information content (AvgIpc) is 2.61. The third kappa shape index (κ3) is 7.87. The first-order chi connectivity index (χ1) is 11.7. The molecule has 0 aromatic heterocycles. The molecule has 0 bridgehead atoms. The standard InChI is InChI=1S/C18H28O5Si/c1-4-18(19)20-14-10-15-23-24(21-5-2,22-6-3)16-13-17-11-8-7-9-12-17/h4,7-9,11-12H,1,5-6,10,13-16H2,2-3H3. The molecule has 5 nitrogen and oxygen atoms in total. The van der Waals surface area contributed by atoms with Gasteiger partial charge >= 0.3 is 14.8 Å². The van der Waals surface area contributed by atoms with Crippen molar-refractivity contribution in [1.82, 2.24) is 0 Å². The zero-order valence-corrected chi connectivity index (χ0v) is 15.7. The second-order valence-corrected chi connectivity index (χ2v) is 7.84. The van der Waals surface area contributed by atoms with Crippen LogP contribution in [0.4, 0.5) is 0 Å². The van der Waals surface area contributed by atoms with Crippen LogP contribution in [-0.4, -0.2) is 41.2 Å². The molecule has 24 heavy (non-hydrogen) atoms. The van der Waals surface area contributed by atoms with E-state index in [0.717, 1.165) is 18.5 Å². The minimum Gasteiger partial charge on any atom is -0.462 e. The van der Waals surface area contributed by atoms with E-state index in [4.69, 9.17) is 18.0 Å². The van der Waals surface area contributed by atoms with Gasteiger partial charge in [0.2, 0.25) is 0 Å². The van der Waals surface area contributed by atoms with Crippen molar-refractivity contribution in [2.75, 3.05) is 26.4 Å². The van der Waals surface area contributed by atoms with E-state index in [1.807, 2.05) is 32.0 Å². The lowest BCUT2D eigenvalue weighted by atomic mass is 10.2. The van der Waals surface area contributed by atoms with Gasteiger partial charge < -0.3 is 18.0 Å². The predicted molar refractivity (Wildman–Crippen MR) is 95.7 cm³/mol. The number of aryl methyl sites for hydroxylation is 1. The second kappa shape index (κ2) is 12.0. The molecule has 0 atom stereocenters. The van der Waals surface area contributed by atoms with Crippen LogP contribution in [0, 0.1) is 0 Å². The van der Waals surface area contributed by atoms with Gasteiger partial charge in [-0.2, -0.15) is 0 Å². The van der Waals surface area contributed by atoms with Gasteiger partial charge in [-0.3, -0.25) is 0 Å². The fraction of sp³-hybridized carbons (Fsp3) is 0.500. The van der Waals surface area contributed by atoms with Crippen LogP contribution in [-0.2, 0) is 29.2 Å². The number of benzene rings is 1. The predicted octanol–water partition coefficient (Wildman–Crippen LogP) is 3.38. The molecule has 0 aliphatic carbocycles. The molecular formula is C18H28O5Si. The molecule has 0 fully saturated rings. The van der Waals surface area contributed by atoms with Crippen molar-refractivity contribution in [2.45, 2.75) is 32.7 Å². The maximum absolute atomic E-state index is 11.0. The fourth-order valence-corrected chi connectivity index (χ4v) is 4.85. The summed E-state index contributed by atoms with van der Waals surface area (Å²) in [5.41, 5.74) is 1.23. The Hall–Kier alpha value is -1.47. The Labute approximate surface area is 145 Å². The fourth-order valence-electron chi connectivity index (χ4n) is 2.24. The highest BCUT2D eigenvalue weighted by atomic mass is 28.4. The Balaban J connectivity index is 2.53. The Bertz CT molecular complexity index is 472. The van der Waals surface area contributed by atoms with Crippen LogP contribution in [0.25, 0.3) is 0 Å². The van der Waals surface area contributed by atoms with Crippen LogP contribution in [0.1, 0.15) is 25.8 Å². The van der Waals surface area contributed by atoms with E-state index in [-0.39, 0.29) is 0 Å². The van der Waals surface area contributed by atoms with Crippen LogP contribution in [0.3, 0.4) is 0 Å². The van der Waals surface area contributed by atoms with Crippen molar-refractivity contribution in [1.29, 1.82) is 0 Å². The highest BCUT2D eigenvalue weighted by Gasteiger charge is 2.40. The molecule has 0 aliphatic rings. The number of rotatable bonds is 13. The van der Waals surface area contributed by atoms with E-state index >= 15 is 0 Å². The quantitative estimate of drug-likeness (QED) is 0.236. The number of carbonyl (C=O) groups excluding carboxylic acids is 1. The molecule has 1 rings (SSSR count). The van der Waals surface area contributed by atoms with Gasteiger partial charge in [-0.05, 0) is 25.8 Å². The molecule has 6 heteroatoms. The first kappa shape index (κ1) is 20.6. The lowest BCUT2D eigenvalue weighted by Gasteiger charge is -2.29. The van der Waals surface area contributed by atoms with Gasteiger partial charge in [0.25, 0.3) is 0 Å². The Kier molecular flexibility index (Phi) is 10.3. The van der Waals surface area contributed by atoms with Gasteiger partial charge in [-0.15, -0.1) is 0 Å². The monoisotopic (exact) mass is 352 g/mol. The molecule has 0 saturated carbocycles. The summed E-state index contributed by atoms with van der Waals surface area (Å²) >= 11 is 0. The maximum atomic E-state index is 11.0. The van der Waals surface area contributed by atoms with Gasteiger partial charge in [-0.25, -0.2) is 4.79 Å². The van der Waals surface area contributed by atoms with Crippen LogP contribution < -0.4 is 0 Å². The zero-order chi connectivity index (χ0) is 17.7. The summed E-state index contributed by atoms with van der Waals surface area (Å²) < 4.78 is 22.8. The van der Waals surface area contributed by atoms with Gasteiger partial charge in [0.15, 0.2) is 0 Å². The third-order valence-corrected chi connectivity index (χ3v) is 6.28. The Morgan fingerprint density at radius 2 is 1.75 bits per heavy atom. The number of esters is 1.